The largest absolute Gasteiger partial charge is 0.480 e. The highest BCUT2D eigenvalue weighted by atomic mass is 16.5. The van der Waals surface area contributed by atoms with Gasteiger partial charge in [0, 0.05) is 5.92 Å². The molecular weight excluding hydrogens is 444 g/mol. The van der Waals surface area contributed by atoms with Crippen molar-refractivity contribution < 1.29 is 24.2 Å². The van der Waals surface area contributed by atoms with Crippen LogP contribution in [0.4, 0.5) is 4.79 Å². The third kappa shape index (κ3) is 6.41. The molecule has 0 saturated carbocycles. The van der Waals surface area contributed by atoms with Gasteiger partial charge in [0.2, 0.25) is 5.91 Å². The molecule has 3 atom stereocenters. The zero-order chi connectivity index (χ0) is 25.8. The Balaban J connectivity index is 1.68. The number of hydrogen-bond acceptors (Lipinski definition) is 4. The Morgan fingerprint density at radius 2 is 1.51 bits per heavy atom. The number of hydrogen-bond donors (Lipinski definition) is 3. The second-order valence-electron chi connectivity index (χ2n) is 10.5. The summed E-state index contributed by atoms with van der Waals surface area (Å²) in [5.74, 6) is -1.92. The van der Waals surface area contributed by atoms with Crippen molar-refractivity contribution in [1.29, 1.82) is 0 Å². The molecule has 0 radical (unpaired) electrons. The van der Waals surface area contributed by atoms with Crippen LogP contribution in [0.2, 0.25) is 0 Å². The highest BCUT2D eigenvalue weighted by molar-refractivity contribution is 5.89. The first kappa shape index (κ1) is 26.3. The van der Waals surface area contributed by atoms with E-state index in [0.29, 0.717) is 6.42 Å². The lowest BCUT2D eigenvalue weighted by Crippen LogP contribution is -2.54. The van der Waals surface area contributed by atoms with Crippen molar-refractivity contribution in [2.45, 2.75) is 65.5 Å². The van der Waals surface area contributed by atoms with Gasteiger partial charge < -0.3 is 20.5 Å². The molecule has 1 unspecified atom stereocenters. The predicted molar refractivity (Wildman–Crippen MR) is 135 cm³/mol. The maximum absolute atomic E-state index is 13.0. The van der Waals surface area contributed by atoms with Crippen molar-refractivity contribution >= 4 is 18.0 Å². The fraction of sp³-hybridized carbons (Fsp3) is 0.464. The van der Waals surface area contributed by atoms with Gasteiger partial charge in [-0.1, -0.05) is 89.6 Å². The maximum Gasteiger partial charge on any atom is 0.407 e. The topological polar surface area (TPSA) is 105 Å². The van der Waals surface area contributed by atoms with Gasteiger partial charge in [-0.15, -0.1) is 0 Å². The minimum atomic E-state index is -1.10. The van der Waals surface area contributed by atoms with Crippen LogP contribution in [-0.2, 0) is 14.3 Å². The second-order valence-corrected chi connectivity index (χ2v) is 10.5. The van der Waals surface area contributed by atoms with Crippen molar-refractivity contribution in [3.05, 3.63) is 59.7 Å². The van der Waals surface area contributed by atoms with Crippen molar-refractivity contribution in [3.8, 4) is 11.1 Å². The first-order chi connectivity index (χ1) is 16.5. The molecule has 0 fully saturated rings. The normalized spacial score (nSPS) is 15.3. The number of aliphatic carboxylic acids is 1. The Bertz CT molecular complexity index is 1030. The van der Waals surface area contributed by atoms with Crippen LogP contribution < -0.4 is 10.6 Å². The minimum absolute atomic E-state index is 0.0906. The van der Waals surface area contributed by atoms with E-state index in [9.17, 15) is 19.5 Å². The van der Waals surface area contributed by atoms with Crippen molar-refractivity contribution in [2.75, 3.05) is 6.61 Å². The number of rotatable bonds is 9. The third-order valence-electron chi connectivity index (χ3n) is 6.54. The van der Waals surface area contributed by atoms with Gasteiger partial charge in [-0.2, -0.15) is 0 Å². The van der Waals surface area contributed by atoms with Crippen LogP contribution in [0.1, 0.15) is 64.5 Å². The Labute approximate surface area is 207 Å². The summed E-state index contributed by atoms with van der Waals surface area (Å²) in [5, 5.41) is 14.9. The van der Waals surface area contributed by atoms with Crippen LogP contribution in [0.5, 0.6) is 0 Å². The van der Waals surface area contributed by atoms with Gasteiger partial charge in [-0.3, -0.25) is 4.79 Å². The summed E-state index contributed by atoms with van der Waals surface area (Å²) in [6.45, 7) is 9.63. The fourth-order valence-corrected chi connectivity index (χ4v) is 4.54. The quantitative estimate of drug-likeness (QED) is 0.471. The first-order valence-corrected chi connectivity index (χ1v) is 12.2. The van der Waals surface area contributed by atoms with E-state index in [4.69, 9.17) is 4.74 Å². The molecule has 3 N–H and O–H groups in total. The lowest BCUT2D eigenvalue weighted by Gasteiger charge is -2.28. The molecular formula is C28H36N2O5. The van der Waals surface area contributed by atoms with Crippen LogP contribution in [-0.4, -0.2) is 41.8 Å². The minimum Gasteiger partial charge on any atom is -0.480 e. The molecule has 0 spiro atoms. The number of carboxylic acid groups (broad SMARTS) is 1. The smallest absolute Gasteiger partial charge is 0.407 e. The predicted octanol–water partition coefficient (Wildman–Crippen LogP) is 4.95. The molecule has 0 saturated heterocycles. The zero-order valence-electron chi connectivity index (χ0n) is 21.1. The number of carbonyl (C=O) groups is 3. The van der Waals surface area contributed by atoms with E-state index in [1.165, 1.54) is 0 Å². The second kappa shape index (κ2) is 10.9. The number of alkyl carbamates (subject to hydrolysis) is 1. The maximum atomic E-state index is 13.0. The Kier molecular flexibility index (Phi) is 8.20. The Hall–Kier alpha value is -3.35. The van der Waals surface area contributed by atoms with E-state index in [-0.39, 0.29) is 30.3 Å². The molecule has 1 aliphatic carbocycles. The number of ether oxygens (including phenoxy) is 1. The van der Waals surface area contributed by atoms with E-state index in [1.807, 2.05) is 71.0 Å². The molecule has 1 aliphatic rings. The molecule has 7 heteroatoms. The molecule has 0 bridgehead atoms. The molecule has 2 aromatic rings. The van der Waals surface area contributed by atoms with Crippen molar-refractivity contribution in [1.82, 2.24) is 10.6 Å². The van der Waals surface area contributed by atoms with Gasteiger partial charge in [-0.25, -0.2) is 9.59 Å². The molecule has 0 heterocycles. The number of fused-ring (bicyclic) bond motifs is 3. The van der Waals surface area contributed by atoms with Crippen LogP contribution >= 0.6 is 0 Å². The number of amides is 2. The Morgan fingerprint density at radius 3 is 2.00 bits per heavy atom. The summed E-state index contributed by atoms with van der Waals surface area (Å²) >= 11 is 0. The van der Waals surface area contributed by atoms with Gasteiger partial charge in [0.1, 0.15) is 18.7 Å². The molecule has 35 heavy (non-hydrogen) atoms. The van der Waals surface area contributed by atoms with Crippen LogP contribution in [0.3, 0.4) is 0 Å². The number of nitrogens with one attached hydrogen (secondary N) is 2. The van der Waals surface area contributed by atoms with Gasteiger partial charge in [0.25, 0.3) is 0 Å². The van der Waals surface area contributed by atoms with E-state index in [2.05, 4.69) is 22.8 Å². The van der Waals surface area contributed by atoms with E-state index < -0.39 is 30.1 Å². The molecule has 3 rings (SSSR count). The highest BCUT2D eigenvalue weighted by Gasteiger charge is 2.33. The van der Waals surface area contributed by atoms with Crippen LogP contribution in [0.25, 0.3) is 11.1 Å². The monoisotopic (exact) mass is 480 g/mol. The van der Waals surface area contributed by atoms with Gasteiger partial charge in [0.05, 0.1) is 0 Å². The van der Waals surface area contributed by atoms with Crippen LogP contribution in [0.15, 0.2) is 48.5 Å². The summed E-state index contributed by atoms with van der Waals surface area (Å²) in [7, 11) is 0. The molecule has 188 valence electrons. The summed E-state index contributed by atoms with van der Waals surface area (Å²) in [5.41, 5.74) is 4.18. The lowest BCUT2D eigenvalue weighted by atomic mass is 9.87. The van der Waals surface area contributed by atoms with Crippen molar-refractivity contribution in [2.24, 2.45) is 11.3 Å². The van der Waals surface area contributed by atoms with E-state index >= 15 is 0 Å². The molecule has 0 aliphatic heterocycles. The van der Waals surface area contributed by atoms with Gasteiger partial charge in [-0.05, 0) is 40.0 Å². The first-order valence-electron chi connectivity index (χ1n) is 12.2. The molecule has 2 aromatic carbocycles. The van der Waals surface area contributed by atoms with Crippen LogP contribution in [0, 0.1) is 11.3 Å². The highest BCUT2D eigenvalue weighted by Crippen LogP contribution is 2.44. The molecule has 7 nitrogen and oxygen atoms in total. The van der Waals surface area contributed by atoms with Gasteiger partial charge >= 0.3 is 12.1 Å². The summed E-state index contributed by atoms with van der Waals surface area (Å²) in [6.07, 6.45) is 0.195. The van der Waals surface area contributed by atoms with E-state index in [1.54, 1.807) is 0 Å². The summed E-state index contributed by atoms with van der Waals surface area (Å²) in [4.78, 5) is 37.5. The Morgan fingerprint density at radius 1 is 0.971 bits per heavy atom. The number of carbonyl (C=O) groups excluding carboxylic acids is 2. The van der Waals surface area contributed by atoms with Crippen molar-refractivity contribution in [3.63, 3.8) is 0 Å². The van der Waals surface area contributed by atoms with Gasteiger partial charge in [0.15, 0.2) is 0 Å². The summed E-state index contributed by atoms with van der Waals surface area (Å²) in [6, 6.07) is 14.2. The standard InChI is InChI=1S/C28H36N2O5/c1-6-17(2)24(25(31)29-23(26(32)33)15-28(3,4)5)30-27(34)35-16-22-20-13-9-7-11-18(20)19-12-8-10-14-21(19)22/h7-14,17,22-24H,6,15-16H2,1-5H3,(H,29,31)(H,30,34)(H,32,33)/t17-,23?,24-/m0/s1. The molecule has 2 amide bonds. The molecule has 0 aromatic heterocycles. The average Bonchev–Trinajstić information content (AvgIpc) is 3.13. The third-order valence-corrected chi connectivity index (χ3v) is 6.54. The SMILES string of the molecule is CC[C@H](C)[C@H](NC(=O)OCC1c2ccccc2-c2ccccc21)C(=O)NC(CC(C)(C)C)C(=O)O. The van der Waals surface area contributed by atoms with E-state index in [0.717, 1.165) is 22.3 Å². The average molecular weight is 481 g/mol. The number of benzene rings is 2. The zero-order valence-corrected chi connectivity index (χ0v) is 21.1. The fourth-order valence-electron chi connectivity index (χ4n) is 4.54. The summed E-state index contributed by atoms with van der Waals surface area (Å²) < 4.78 is 5.60. The lowest BCUT2D eigenvalue weighted by molar-refractivity contribution is -0.143. The number of carboxylic acids is 1.